The SMILES string of the molecule is CCCCCCCCCCCCCCCC(=O)OC[C@H](CSC[C@H](N)C(=O)NCC(=O)NCC(=O)NCC(=O)N[C@@H](CCC(N)=O)C(=O)N[C@H](C(=O)O)[C@@H](C)O)OC(=O)CCCCCCCCCCCCCCC. The molecular weight excluding hydrogens is 975 g/mol. The van der Waals surface area contributed by atoms with Gasteiger partial charge in [-0.1, -0.05) is 168 Å². The molecule has 0 aromatic carbocycles. The Bertz CT molecular complexity index is 1590. The Labute approximate surface area is 446 Å². The maximum Gasteiger partial charge on any atom is 0.328 e. The van der Waals surface area contributed by atoms with Gasteiger partial charge in [0.25, 0.3) is 0 Å². The number of carbonyl (C=O) groups excluding carboxylic acids is 8. The molecule has 0 fully saturated rings. The zero-order valence-corrected chi connectivity index (χ0v) is 46.1. The van der Waals surface area contributed by atoms with Crippen molar-refractivity contribution in [3.05, 3.63) is 0 Å². The molecule has 0 aromatic rings. The molecule has 0 aliphatic heterocycles. The van der Waals surface area contributed by atoms with Crippen molar-refractivity contribution in [1.29, 1.82) is 0 Å². The number of amides is 6. The third-order valence-electron chi connectivity index (χ3n) is 12.3. The largest absolute Gasteiger partial charge is 0.480 e. The predicted molar refractivity (Wildman–Crippen MR) is 287 cm³/mol. The average Bonchev–Trinajstić information content (AvgIpc) is 3.36. The normalized spacial score (nSPS) is 13.1. The van der Waals surface area contributed by atoms with Crippen LogP contribution in [0.25, 0.3) is 0 Å². The number of esters is 2. The Morgan fingerprint density at radius 1 is 0.527 bits per heavy atom. The molecule has 0 spiro atoms. The van der Waals surface area contributed by atoms with Crippen molar-refractivity contribution in [2.45, 2.75) is 244 Å². The van der Waals surface area contributed by atoms with Gasteiger partial charge >= 0.3 is 17.9 Å². The smallest absolute Gasteiger partial charge is 0.328 e. The summed E-state index contributed by atoms with van der Waals surface area (Å²) in [6.45, 7) is 3.69. The highest BCUT2D eigenvalue weighted by molar-refractivity contribution is 7.99. The summed E-state index contributed by atoms with van der Waals surface area (Å²) >= 11 is 1.23. The number of nitrogens with two attached hydrogens (primary N) is 2. The second kappa shape index (κ2) is 47.0. The summed E-state index contributed by atoms with van der Waals surface area (Å²) in [6, 6.07) is -4.20. The van der Waals surface area contributed by atoms with Crippen LogP contribution in [0.5, 0.6) is 0 Å². The van der Waals surface area contributed by atoms with E-state index in [9.17, 15) is 53.4 Å². The van der Waals surface area contributed by atoms with Crippen molar-refractivity contribution in [3.63, 3.8) is 0 Å². The van der Waals surface area contributed by atoms with Gasteiger partial charge in [-0.05, 0) is 26.2 Å². The molecule has 0 unspecified atom stereocenters. The van der Waals surface area contributed by atoms with Gasteiger partial charge in [0.05, 0.1) is 31.8 Å². The van der Waals surface area contributed by atoms with Gasteiger partial charge in [-0.25, -0.2) is 4.79 Å². The summed E-state index contributed by atoms with van der Waals surface area (Å²) in [7, 11) is 0. The number of carboxylic acids is 1. The number of aliphatic hydroxyl groups excluding tert-OH is 1. The lowest BCUT2D eigenvalue weighted by Crippen LogP contribution is -2.56. The zero-order valence-electron chi connectivity index (χ0n) is 45.3. The molecule has 0 aromatic heterocycles. The van der Waals surface area contributed by atoms with E-state index in [0.717, 1.165) is 51.9 Å². The van der Waals surface area contributed by atoms with Crippen molar-refractivity contribution in [3.8, 4) is 0 Å². The van der Waals surface area contributed by atoms with Crippen LogP contribution in [0.15, 0.2) is 0 Å². The number of nitrogens with one attached hydrogen (secondary N) is 5. The molecule has 0 radical (unpaired) electrons. The van der Waals surface area contributed by atoms with Crippen molar-refractivity contribution in [2.75, 3.05) is 37.7 Å². The van der Waals surface area contributed by atoms with E-state index in [-0.39, 0.29) is 55.7 Å². The molecule has 21 heteroatoms. The minimum absolute atomic E-state index is 0.0868. The number of primary amides is 1. The number of carbonyl (C=O) groups is 9. The molecule has 0 saturated carbocycles. The standard InChI is InChI=1S/C53H97N7O13S/c1-4-6-8-10-12-14-16-18-20-22-24-26-28-30-48(66)72-37-41(73-49(67)31-29-27-25-23-21-19-17-15-13-11-9-7-5-2)38-74-39-42(54)51(68)58-35-46(64)56-34-45(63)57-36-47(65)59-43(32-33-44(55)62)52(69)60-50(40(3)61)53(70)71/h40-43,50,61H,4-39,54H2,1-3H3,(H2,55,62)(H,56,64)(H,57,63)(H,58,68)(H,59,65)(H,60,69)(H,70,71)/t40-,41-,42+,43+,50+/m1/s1. The van der Waals surface area contributed by atoms with Crippen LogP contribution in [0, 0.1) is 0 Å². The van der Waals surface area contributed by atoms with Gasteiger partial charge in [-0.2, -0.15) is 11.8 Å². The molecule has 428 valence electrons. The molecule has 20 nitrogen and oxygen atoms in total. The highest BCUT2D eigenvalue weighted by Crippen LogP contribution is 2.16. The van der Waals surface area contributed by atoms with Gasteiger partial charge < -0.3 is 57.7 Å². The van der Waals surface area contributed by atoms with Crippen LogP contribution >= 0.6 is 11.8 Å². The van der Waals surface area contributed by atoms with Crippen molar-refractivity contribution in [2.24, 2.45) is 11.5 Å². The van der Waals surface area contributed by atoms with E-state index >= 15 is 0 Å². The highest BCUT2D eigenvalue weighted by Gasteiger charge is 2.30. The maximum absolute atomic E-state index is 12.9. The molecule has 0 aliphatic carbocycles. The Balaban J connectivity index is 4.87. The lowest BCUT2D eigenvalue weighted by molar-refractivity contribution is -0.157. The Morgan fingerprint density at radius 2 is 0.946 bits per heavy atom. The van der Waals surface area contributed by atoms with Crippen LogP contribution in [-0.2, 0) is 52.6 Å². The molecule has 5 atom stereocenters. The van der Waals surface area contributed by atoms with Crippen molar-refractivity contribution in [1.82, 2.24) is 26.6 Å². The average molecular weight is 1070 g/mol. The lowest BCUT2D eigenvalue weighted by Gasteiger charge is -2.22. The first-order valence-electron chi connectivity index (χ1n) is 27.8. The Kier molecular flexibility index (Phi) is 44.1. The Hall–Kier alpha value is -4.50. The number of hydrogen-bond acceptors (Lipinski definition) is 14. The van der Waals surface area contributed by atoms with Crippen LogP contribution in [0.2, 0.25) is 0 Å². The molecule has 6 amide bonds. The highest BCUT2D eigenvalue weighted by atomic mass is 32.2. The molecule has 74 heavy (non-hydrogen) atoms. The Morgan fingerprint density at radius 3 is 1.38 bits per heavy atom. The third-order valence-corrected chi connectivity index (χ3v) is 13.5. The van der Waals surface area contributed by atoms with Gasteiger partial charge in [0.1, 0.15) is 18.8 Å². The summed E-state index contributed by atoms with van der Waals surface area (Å²) < 4.78 is 11.3. The van der Waals surface area contributed by atoms with Crippen molar-refractivity contribution < 1.29 is 62.8 Å². The quantitative estimate of drug-likeness (QED) is 0.0268. The second-order valence-electron chi connectivity index (χ2n) is 19.4. The molecule has 0 aliphatic rings. The molecule has 0 rings (SSSR count). The third kappa shape index (κ3) is 41.8. The predicted octanol–water partition coefficient (Wildman–Crippen LogP) is 5.51. The monoisotopic (exact) mass is 1070 g/mol. The second-order valence-corrected chi connectivity index (χ2v) is 20.5. The maximum atomic E-state index is 12.9. The lowest BCUT2D eigenvalue weighted by atomic mass is 10.0. The van der Waals surface area contributed by atoms with Gasteiger partial charge in [0, 0.05) is 30.8 Å². The van der Waals surface area contributed by atoms with Crippen molar-refractivity contribution >= 4 is 65.1 Å². The van der Waals surface area contributed by atoms with Crippen LogP contribution in [0.3, 0.4) is 0 Å². The summed E-state index contributed by atoms with van der Waals surface area (Å²) in [5.41, 5.74) is 11.2. The van der Waals surface area contributed by atoms with E-state index < -0.39 is 91.4 Å². The fourth-order valence-electron chi connectivity index (χ4n) is 7.82. The van der Waals surface area contributed by atoms with Gasteiger partial charge in [-0.15, -0.1) is 0 Å². The summed E-state index contributed by atoms with van der Waals surface area (Å²) in [5, 5.41) is 30.2. The number of unbranched alkanes of at least 4 members (excludes halogenated alkanes) is 24. The summed E-state index contributed by atoms with van der Waals surface area (Å²) in [5.74, 6) is -6.90. The number of ether oxygens (including phenoxy) is 2. The molecule has 0 bridgehead atoms. The molecule has 11 N–H and O–H groups in total. The van der Waals surface area contributed by atoms with E-state index in [1.165, 1.54) is 127 Å². The number of carboxylic acid groups (broad SMARTS) is 1. The summed E-state index contributed by atoms with van der Waals surface area (Å²) in [6.07, 6.45) is 28.6. The number of aliphatic carboxylic acids is 1. The van der Waals surface area contributed by atoms with Crippen LogP contribution < -0.4 is 38.1 Å². The van der Waals surface area contributed by atoms with Crippen LogP contribution in [-0.4, -0.2) is 132 Å². The first-order valence-corrected chi connectivity index (χ1v) is 28.9. The number of rotatable bonds is 50. The van der Waals surface area contributed by atoms with Gasteiger partial charge in [0.2, 0.25) is 35.4 Å². The minimum atomic E-state index is -1.70. The van der Waals surface area contributed by atoms with E-state index in [4.69, 9.17) is 20.9 Å². The number of aliphatic hydroxyl groups is 1. The first-order chi connectivity index (χ1) is 35.5. The van der Waals surface area contributed by atoms with E-state index in [1.807, 2.05) is 0 Å². The minimum Gasteiger partial charge on any atom is -0.480 e. The van der Waals surface area contributed by atoms with Crippen LogP contribution in [0.1, 0.15) is 213 Å². The fraction of sp³-hybridized carbons (Fsp3) is 0.830. The summed E-state index contributed by atoms with van der Waals surface area (Å²) in [4.78, 5) is 111. The van der Waals surface area contributed by atoms with E-state index in [2.05, 4.69) is 40.4 Å². The molecular formula is C53H97N7O13S. The van der Waals surface area contributed by atoms with Gasteiger partial charge in [0.15, 0.2) is 6.04 Å². The molecule has 0 heterocycles. The zero-order chi connectivity index (χ0) is 55.2. The van der Waals surface area contributed by atoms with Gasteiger partial charge in [-0.3, -0.25) is 38.4 Å². The first kappa shape index (κ1) is 69.5. The number of hydrogen-bond donors (Lipinski definition) is 9. The van der Waals surface area contributed by atoms with E-state index in [1.54, 1.807) is 0 Å². The topological polar surface area (TPSA) is 325 Å². The molecule has 0 saturated heterocycles. The van der Waals surface area contributed by atoms with Crippen LogP contribution in [0.4, 0.5) is 0 Å². The van der Waals surface area contributed by atoms with E-state index in [0.29, 0.717) is 6.42 Å². The fourth-order valence-corrected chi connectivity index (χ4v) is 8.79. The number of thioether (sulfide) groups is 1.